The first-order valence-electron chi connectivity index (χ1n) is 14.9. The molecular weight excluding hydrogens is 522 g/mol. The Morgan fingerprint density at radius 3 is 1.64 bits per heavy atom. The number of carbonyl (C=O) groups is 2. The molecule has 0 saturated carbocycles. The summed E-state index contributed by atoms with van der Waals surface area (Å²) in [4.78, 5) is 41.9. The number of nitrogens with zero attached hydrogens (tertiary/aromatic N) is 5. The zero-order valence-electron chi connectivity index (χ0n) is 24.1. The minimum absolute atomic E-state index is 0.0184. The van der Waals surface area contributed by atoms with Gasteiger partial charge in [0.25, 0.3) is 0 Å². The summed E-state index contributed by atoms with van der Waals surface area (Å²) in [5.74, 6) is 0.822. The van der Waals surface area contributed by atoms with Gasteiger partial charge >= 0.3 is 0 Å². The molecular formula is C35H39N5O2. The normalized spacial score (nSPS) is 19.3. The van der Waals surface area contributed by atoms with E-state index in [9.17, 15) is 9.59 Å². The molecule has 0 amide bonds. The molecule has 0 bridgehead atoms. The second-order valence-electron chi connectivity index (χ2n) is 11.2. The van der Waals surface area contributed by atoms with Gasteiger partial charge in [-0.25, -0.2) is 9.97 Å². The average molecular weight is 562 g/mol. The number of hydrogen-bond acceptors (Lipinski definition) is 7. The average Bonchev–Trinajstić information content (AvgIpc) is 3.06. The molecule has 42 heavy (non-hydrogen) atoms. The molecule has 4 aromatic rings. The third-order valence-corrected chi connectivity index (χ3v) is 8.00. The first-order valence-corrected chi connectivity index (χ1v) is 14.9. The van der Waals surface area contributed by atoms with Gasteiger partial charge in [0.15, 0.2) is 11.6 Å². The number of benzene rings is 2. The molecule has 7 heteroatoms. The van der Waals surface area contributed by atoms with Crippen molar-refractivity contribution in [3.8, 4) is 0 Å². The molecule has 2 aliphatic rings. The van der Waals surface area contributed by atoms with Crippen molar-refractivity contribution >= 4 is 11.6 Å². The largest absolute Gasteiger partial charge is 0.298 e. The lowest BCUT2D eigenvalue weighted by Gasteiger charge is -2.32. The highest BCUT2D eigenvalue weighted by Crippen LogP contribution is 2.23. The molecule has 4 heterocycles. The summed E-state index contributed by atoms with van der Waals surface area (Å²) < 4.78 is 0. The standard InChI is InChI=1S/C18H20N2O.C17H19N3O/c21-18(16-8-10-19-11-9-16)17-7-4-12-20(14-17)13-15-5-2-1-3-6-15;21-16(17-18-9-5-10-19-17)15-8-4-11-20(13-15)12-14-6-2-1-3-7-14/h1-3,5-6,8-11,17H,4,7,12-14H2;1-3,5-7,9-10,15H,4,8,11-13H2. The van der Waals surface area contributed by atoms with Gasteiger partial charge in [-0.2, -0.15) is 0 Å². The van der Waals surface area contributed by atoms with Crippen molar-refractivity contribution < 1.29 is 9.59 Å². The Bertz CT molecular complexity index is 1280. The van der Waals surface area contributed by atoms with Crippen LogP contribution in [0.3, 0.4) is 0 Å². The molecule has 2 saturated heterocycles. The van der Waals surface area contributed by atoms with Gasteiger partial charge in [0.2, 0.25) is 5.78 Å². The number of aromatic nitrogens is 3. The van der Waals surface area contributed by atoms with Crippen LogP contribution in [0.2, 0.25) is 0 Å². The third kappa shape index (κ3) is 8.47. The quantitative estimate of drug-likeness (QED) is 0.254. The Labute approximate surface area is 248 Å². The van der Waals surface area contributed by atoms with Crippen molar-refractivity contribution in [3.05, 3.63) is 126 Å². The molecule has 7 nitrogen and oxygen atoms in total. The van der Waals surface area contributed by atoms with Crippen LogP contribution in [0.25, 0.3) is 0 Å². The lowest BCUT2D eigenvalue weighted by molar-refractivity contribution is 0.0798. The van der Waals surface area contributed by atoms with Crippen molar-refractivity contribution in [2.24, 2.45) is 11.8 Å². The first-order chi connectivity index (χ1) is 20.7. The van der Waals surface area contributed by atoms with Gasteiger partial charge < -0.3 is 0 Å². The van der Waals surface area contributed by atoms with Gasteiger partial charge in [0.1, 0.15) is 0 Å². The third-order valence-electron chi connectivity index (χ3n) is 8.00. The molecule has 0 N–H and O–H groups in total. The fourth-order valence-electron chi connectivity index (χ4n) is 5.87. The fourth-order valence-corrected chi connectivity index (χ4v) is 5.87. The van der Waals surface area contributed by atoms with Crippen LogP contribution in [0, 0.1) is 11.8 Å². The van der Waals surface area contributed by atoms with E-state index in [-0.39, 0.29) is 23.4 Å². The molecule has 2 fully saturated rings. The minimum Gasteiger partial charge on any atom is -0.298 e. The number of Topliss-reactive ketones (excluding diaryl/α,β-unsaturated/α-hetero) is 2. The molecule has 0 spiro atoms. The molecule has 2 aliphatic heterocycles. The highest BCUT2D eigenvalue weighted by molar-refractivity contribution is 5.98. The maximum Gasteiger partial charge on any atom is 0.204 e. The number of hydrogen-bond donors (Lipinski definition) is 0. The van der Waals surface area contributed by atoms with Crippen LogP contribution in [0.15, 0.2) is 104 Å². The van der Waals surface area contributed by atoms with Crippen LogP contribution >= 0.6 is 0 Å². The number of ketones is 2. The highest BCUT2D eigenvalue weighted by Gasteiger charge is 2.28. The van der Waals surface area contributed by atoms with E-state index >= 15 is 0 Å². The Balaban J connectivity index is 0.000000168. The highest BCUT2D eigenvalue weighted by atomic mass is 16.1. The number of rotatable bonds is 8. The van der Waals surface area contributed by atoms with E-state index in [0.717, 1.165) is 70.5 Å². The zero-order chi connectivity index (χ0) is 29.0. The van der Waals surface area contributed by atoms with Crippen LogP contribution in [-0.2, 0) is 13.1 Å². The zero-order valence-corrected chi connectivity index (χ0v) is 24.1. The van der Waals surface area contributed by atoms with E-state index in [1.54, 1.807) is 30.9 Å². The lowest BCUT2D eigenvalue weighted by Crippen LogP contribution is -2.38. The van der Waals surface area contributed by atoms with E-state index in [1.807, 2.05) is 24.3 Å². The van der Waals surface area contributed by atoms with E-state index in [1.165, 1.54) is 11.1 Å². The molecule has 2 aromatic heterocycles. The Morgan fingerprint density at radius 2 is 1.12 bits per heavy atom. The van der Waals surface area contributed by atoms with Crippen LogP contribution < -0.4 is 0 Å². The van der Waals surface area contributed by atoms with Gasteiger partial charge in [0.05, 0.1) is 0 Å². The number of likely N-dealkylation sites (tertiary alicyclic amines) is 2. The number of carbonyl (C=O) groups excluding carboxylic acids is 2. The van der Waals surface area contributed by atoms with E-state index < -0.39 is 0 Å². The van der Waals surface area contributed by atoms with Crippen LogP contribution in [0.5, 0.6) is 0 Å². The van der Waals surface area contributed by atoms with E-state index in [0.29, 0.717) is 5.82 Å². The summed E-state index contributed by atoms with van der Waals surface area (Å²) in [6.45, 7) is 5.62. The second kappa shape index (κ2) is 15.2. The molecule has 2 aromatic carbocycles. The van der Waals surface area contributed by atoms with Crippen molar-refractivity contribution in [2.45, 2.75) is 38.8 Å². The van der Waals surface area contributed by atoms with Gasteiger partial charge in [-0.05, 0) is 68.1 Å². The van der Waals surface area contributed by atoms with Gasteiger partial charge in [0, 0.05) is 68.4 Å². The molecule has 216 valence electrons. The monoisotopic (exact) mass is 561 g/mol. The van der Waals surface area contributed by atoms with Crippen LogP contribution in [-0.4, -0.2) is 62.5 Å². The van der Waals surface area contributed by atoms with Gasteiger partial charge in [-0.1, -0.05) is 60.7 Å². The van der Waals surface area contributed by atoms with Crippen molar-refractivity contribution in [1.82, 2.24) is 24.8 Å². The first kappa shape index (κ1) is 29.4. The van der Waals surface area contributed by atoms with E-state index in [4.69, 9.17) is 0 Å². The van der Waals surface area contributed by atoms with Gasteiger partial charge in [-0.15, -0.1) is 0 Å². The van der Waals surface area contributed by atoms with Crippen LogP contribution in [0.1, 0.15) is 57.8 Å². The summed E-state index contributed by atoms with van der Waals surface area (Å²) >= 11 is 0. The van der Waals surface area contributed by atoms with E-state index in [2.05, 4.69) is 73.3 Å². The van der Waals surface area contributed by atoms with Crippen molar-refractivity contribution in [2.75, 3.05) is 26.2 Å². The molecule has 0 aliphatic carbocycles. The molecule has 2 atom stereocenters. The second-order valence-corrected chi connectivity index (χ2v) is 11.2. The Hall–Kier alpha value is -4.07. The van der Waals surface area contributed by atoms with Crippen molar-refractivity contribution in [1.29, 1.82) is 0 Å². The summed E-state index contributed by atoms with van der Waals surface area (Å²) in [5.41, 5.74) is 3.40. The van der Waals surface area contributed by atoms with Crippen LogP contribution in [0.4, 0.5) is 0 Å². The predicted molar refractivity (Wildman–Crippen MR) is 164 cm³/mol. The number of pyridine rings is 1. The number of piperidine rings is 2. The summed E-state index contributed by atoms with van der Waals surface area (Å²) in [6.07, 6.45) is 10.7. The summed E-state index contributed by atoms with van der Waals surface area (Å²) in [5, 5.41) is 0. The minimum atomic E-state index is 0.0184. The fraction of sp³-hybridized carbons (Fsp3) is 0.343. The Morgan fingerprint density at radius 1 is 0.619 bits per heavy atom. The lowest BCUT2D eigenvalue weighted by atomic mass is 9.90. The maximum absolute atomic E-state index is 12.5. The Kier molecular flexibility index (Phi) is 10.7. The van der Waals surface area contributed by atoms with Gasteiger partial charge in [-0.3, -0.25) is 24.4 Å². The summed E-state index contributed by atoms with van der Waals surface area (Å²) in [6, 6.07) is 26.2. The smallest absolute Gasteiger partial charge is 0.204 e. The molecule has 6 rings (SSSR count). The topological polar surface area (TPSA) is 79.3 Å². The predicted octanol–water partition coefficient (Wildman–Crippen LogP) is 5.75. The molecule has 2 unspecified atom stereocenters. The summed E-state index contributed by atoms with van der Waals surface area (Å²) in [7, 11) is 0. The molecule has 0 radical (unpaired) electrons. The maximum atomic E-state index is 12.5. The van der Waals surface area contributed by atoms with Crippen molar-refractivity contribution in [3.63, 3.8) is 0 Å². The SMILES string of the molecule is O=C(c1ccncc1)C1CCCN(Cc2ccccc2)C1.O=C(c1ncccn1)C1CCCN(Cc2ccccc2)C1.